The van der Waals surface area contributed by atoms with E-state index in [1.165, 1.54) is 11.8 Å². The number of carboxylic acid groups (broad SMARTS) is 1. The number of carbonyl (C=O) groups is 2. The summed E-state index contributed by atoms with van der Waals surface area (Å²) in [6, 6.07) is 0.241. The minimum absolute atomic E-state index is 0.0444. The fraction of sp³-hybridized carbons (Fsp3) is 0.667. The Morgan fingerprint density at radius 2 is 2.30 bits per heavy atom. The summed E-state index contributed by atoms with van der Waals surface area (Å²) in [7, 11) is 0. The average Bonchev–Trinajstić information content (AvgIpc) is 3.04. The highest BCUT2D eigenvalue weighted by Gasteiger charge is 2.30. The maximum atomic E-state index is 12.0. The zero-order valence-electron chi connectivity index (χ0n) is 11.5. The Labute approximate surface area is 121 Å². The fourth-order valence-corrected chi connectivity index (χ4v) is 3.04. The Kier molecular flexibility index (Phi) is 4.64. The highest BCUT2D eigenvalue weighted by atomic mass is 32.2. The summed E-state index contributed by atoms with van der Waals surface area (Å²) in [6.45, 7) is 4.87. The number of carbonyl (C=O) groups excluding carboxylic acids is 1. The molecule has 8 heteroatoms. The van der Waals surface area contributed by atoms with Crippen molar-refractivity contribution >= 4 is 23.6 Å². The standard InChI is InChI=1S/C12H18N4O3S/c1-8(2)16-7-13-14-12(16)20-6-10(17)15-4-3-9(5-15)11(18)19/h7-9H,3-6H2,1-2H3,(H,18,19). The Balaban J connectivity index is 1.87. The molecule has 2 rings (SSSR count). The summed E-state index contributed by atoms with van der Waals surface area (Å²) in [5.74, 6) is -1.04. The van der Waals surface area contributed by atoms with Crippen LogP contribution in [0.4, 0.5) is 0 Å². The molecule has 1 aromatic rings. The molecule has 1 N–H and O–H groups in total. The molecular weight excluding hydrogens is 280 g/mol. The molecule has 1 atom stereocenters. The fourth-order valence-electron chi connectivity index (χ4n) is 2.10. The van der Waals surface area contributed by atoms with Crippen molar-refractivity contribution in [3.63, 3.8) is 0 Å². The zero-order valence-corrected chi connectivity index (χ0v) is 12.3. The second-order valence-electron chi connectivity index (χ2n) is 5.07. The predicted molar refractivity (Wildman–Crippen MR) is 73.5 cm³/mol. The number of hydrogen-bond donors (Lipinski definition) is 1. The third-order valence-electron chi connectivity index (χ3n) is 3.31. The van der Waals surface area contributed by atoms with Crippen molar-refractivity contribution in [3.05, 3.63) is 6.33 Å². The lowest BCUT2D eigenvalue weighted by Crippen LogP contribution is -2.31. The average molecular weight is 298 g/mol. The molecule has 110 valence electrons. The lowest BCUT2D eigenvalue weighted by atomic mass is 10.1. The Morgan fingerprint density at radius 1 is 1.55 bits per heavy atom. The van der Waals surface area contributed by atoms with Gasteiger partial charge in [0, 0.05) is 19.1 Å². The topological polar surface area (TPSA) is 88.3 Å². The third-order valence-corrected chi connectivity index (χ3v) is 4.25. The molecule has 0 aliphatic carbocycles. The van der Waals surface area contributed by atoms with E-state index in [9.17, 15) is 9.59 Å². The van der Waals surface area contributed by atoms with Gasteiger partial charge in [0.1, 0.15) is 6.33 Å². The second-order valence-corrected chi connectivity index (χ2v) is 6.01. The summed E-state index contributed by atoms with van der Waals surface area (Å²) < 4.78 is 1.90. The van der Waals surface area contributed by atoms with Gasteiger partial charge in [-0.3, -0.25) is 9.59 Å². The van der Waals surface area contributed by atoms with E-state index in [2.05, 4.69) is 10.2 Å². The number of rotatable bonds is 5. The van der Waals surface area contributed by atoms with E-state index in [0.29, 0.717) is 24.7 Å². The number of aliphatic carboxylic acids is 1. The van der Waals surface area contributed by atoms with Crippen LogP contribution in [0.2, 0.25) is 0 Å². The summed E-state index contributed by atoms with van der Waals surface area (Å²) in [5, 5.41) is 17.5. The molecule has 1 fully saturated rings. The van der Waals surface area contributed by atoms with Crippen LogP contribution in [-0.4, -0.2) is 55.5 Å². The summed E-state index contributed by atoms with van der Waals surface area (Å²) in [4.78, 5) is 24.5. The highest BCUT2D eigenvalue weighted by molar-refractivity contribution is 7.99. The van der Waals surface area contributed by atoms with E-state index in [1.54, 1.807) is 11.2 Å². The molecule has 0 radical (unpaired) electrons. The molecule has 1 amide bonds. The molecule has 0 aromatic carbocycles. The normalized spacial score (nSPS) is 18.8. The van der Waals surface area contributed by atoms with Gasteiger partial charge in [0.05, 0.1) is 11.7 Å². The SMILES string of the molecule is CC(C)n1cnnc1SCC(=O)N1CCC(C(=O)O)C1. The van der Waals surface area contributed by atoms with Gasteiger partial charge in [0.25, 0.3) is 0 Å². The Bertz CT molecular complexity index is 503. The van der Waals surface area contributed by atoms with E-state index >= 15 is 0 Å². The summed E-state index contributed by atoms with van der Waals surface area (Å²) >= 11 is 1.34. The molecule has 1 aliphatic heterocycles. The molecule has 1 aromatic heterocycles. The molecule has 1 saturated heterocycles. The van der Waals surface area contributed by atoms with Crippen molar-refractivity contribution in [1.29, 1.82) is 0 Å². The molecule has 1 aliphatic rings. The number of aromatic nitrogens is 3. The molecule has 1 unspecified atom stereocenters. The van der Waals surface area contributed by atoms with E-state index in [4.69, 9.17) is 5.11 Å². The number of hydrogen-bond acceptors (Lipinski definition) is 5. The van der Waals surface area contributed by atoms with E-state index in [1.807, 2.05) is 18.4 Å². The molecule has 0 spiro atoms. The van der Waals surface area contributed by atoms with Crippen LogP contribution in [0.3, 0.4) is 0 Å². The van der Waals surface area contributed by atoms with Gasteiger partial charge < -0.3 is 14.6 Å². The summed E-state index contributed by atoms with van der Waals surface area (Å²) in [6.07, 6.45) is 2.18. The maximum Gasteiger partial charge on any atom is 0.308 e. The van der Waals surface area contributed by atoms with E-state index < -0.39 is 11.9 Å². The summed E-state index contributed by atoms with van der Waals surface area (Å²) in [5.41, 5.74) is 0. The lowest BCUT2D eigenvalue weighted by molar-refractivity contribution is -0.141. The van der Waals surface area contributed by atoms with Gasteiger partial charge in [-0.2, -0.15) is 0 Å². The van der Waals surface area contributed by atoms with Gasteiger partial charge in [0.2, 0.25) is 5.91 Å². The van der Waals surface area contributed by atoms with Crippen LogP contribution in [0, 0.1) is 5.92 Å². The highest BCUT2D eigenvalue weighted by Crippen LogP contribution is 2.21. The number of amides is 1. The molecule has 0 bridgehead atoms. The number of likely N-dealkylation sites (tertiary alicyclic amines) is 1. The number of nitrogens with zero attached hydrogens (tertiary/aromatic N) is 4. The second kappa shape index (κ2) is 6.25. The Morgan fingerprint density at radius 3 is 2.90 bits per heavy atom. The first-order chi connectivity index (χ1) is 9.49. The molecule has 2 heterocycles. The third kappa shape index (κ3) is 3.30. The van der Waals surface area contributed by atoms with Crippen molar-refractivity contribution in [1.82, 2.24) is 19.7 Å². The first-order valence-corrected chi connectivity index (χ1v) is 7.50. The van der Waals surface area contributed by atoms with Crippen molar-refractivity contribution in [2.75, 3.05) is 18.8 Å². The van der Waals surface area contributed by atoms with Crippen LogP contribution in [0.25, 0.3) is 0 Å². The van der Waals surface area contributed by atoms with Crippen LogP contribution in [0.1, 0.15) is 26.3 Å². The molecular formula is C12H18N4O3S. The van der Waals surface area contributed by atoms with E-state index in [-0.39, 0.29) is 17.7 Å². The largest absolute Gasteiger partial charge is 0.481 e. The minimum Gasteiger partial charge on any atom is -0.481 e. The van der Waals surface area contributed by atoms with Crippen LogP contribution in [0.15, 0.2) is 11.5 Å². The van der Waals surface area contributed by atoms with E-state index in [0.717, 1.165) is 0 Å². The van der Waals surface area contributed by atoms with Gasteiger partial charge in [-0.15, -0.1) is 10.2 Å². The zero-order chi connectivity index (χ0) is 14.7. The lowest BCUT2D eigenvalue weighted by Gasteiger charge is -2.15. The van der Waals surface area contributed by atoms with Crippen molar-refractivity contribution < 1.29 is 14.7 Å². The monoisotopic (exact) mass is 298 g/mol. The van der Waals surface area contributed by atoms with Gasteiger partial charge >= 0.3 is 5.97 Å². The first-order valence-electron chi connectivity index (χ1n) is 6.52. The Hall–Kier alpha value is -1.57. The van der Waals surface area contributed by atoms with Crippen LogP contribution in [0.5, 0.6) is 0 Å². The minimum atomic E-state index is -0.826. The quantitative estimate of drug-likeness (QED) is 0.812. The van der Waals surface area contributed by atoms with Crippen LogP contribution < -0.4 is 0 Å². The van der Waals surface area contributed by atoms with Crippen LogP contribution in [-0.2, 0) is 9.59 Å². The van der Waals surface area contributed by atoms with Gasteiger partial charge in [-0.1, -0.05) is 11.8 Å². The first kappa shape index (κ1) is 14.8. The molecule has 20 heavy (non-hydrogen) atoms. The van der Waals surface area contributed by atoms with Crippen molar-refractivity contribution in [3.8, 4) is 0 Å². The maximum absolute atomic E-state index is 12.0. The molecule has 0 saturated carbocycles. The van der Waals surface area contributed by atoms with Gasteiger partial charge in [-0.25, -0.2) is 0 Å². The number of carboxylic acids is 1. The van der Waals surface area contributed by atoms with Gasteiger partial charge in [-0.05, 0) is 20.3 Å². The van der Waals surface area contributed by atoms with Crippen LogP contribution >= 0.6 is 11.8 Å². The predicted octanol–water partition coefficient (Wildman–Crippen LogP) is 0.884. The van der Waals surface area contributed by atoms with Crippen molar-refractivity contribution in [2.45, 2.75) is 31.5 Å². The van der Waals surface area contributed by atoms with Gasteiger partial charge in [0.15, 0.2) is 5.16 Å². The van der Waals surface area contributed by atoms with Crippen molar-refractivity contribution in [2.24, 2.45) is 5.92 Å². The molecule has 7 nitrogen and oxygen atoms in total. The smallest absolute Gasteiger partial charge is 0.308 e. The number of thioether (sulfide) groups is 1.